The lowest BCUT2D eigenvalue weighted by molar-refractivity contribution is -0.143. The Kier molecular flexibility index (Phi) is 5.24. The van der Waals surface area contributed by atoms with Gasteiger partial charge in [-0.1, -0.05) is 0 Å². The van der Waals surface area contributed by atoms with Gasteiger partial charge in [-0.15, -0.1) is 0 Å². The van der Waals surface area contributed by atoms with Crippen molar-refractivity contribution in [3.05, 3.63) is 0 Å². The molecule has 0 radical (unpaired) electrons. The molecule has 0 aliphatic carbocycles. The number of carbonyl (C=O) groups excluding carboxylic acids is 1. The van der Waals surface area contributed by atoms with Crippen LogP contribution < -0.4 is 0 Å². The summed E-state index contributed by atoms with van der Waals surface area (Å²) in [6.45, 7) is 5.82. The van der Waals surface area contributed by atoms with Crippen molar-refractivity contribution in [1.29, 1.82) is 0 Å². The van der Waals surface area contributed by atoms with Gasteiger partial charge in [0.1, 0.15) is 15.4 Å². The molecule has 8 heteroatoms. The van der Waals surface area contributed by atoms with Crippen molar-refractivity contribution in [3.63, 3.8) is 0 Å². The molecule has 2 saturated heterocycles. The largest absolute Gasteiger partial charge is 0.444 e. The first-order chi connectivity index (χ1) is 10.9. The summed E-state index contributed by atoms with van der Waals surface area (Å²) in [6, 6.07) is 0. The Morgan fingerprint density at radius 3 is 2.04 bits per heavy atom. The van der Waals surface area contributed by atoms with Crippen molar-refractivity contribution in [2.75, 3.05) is 31.2 Å². The van der Waals surface area contributed by atoms with Crippen LogP contribution in [0.5, 0.6) is 0 Å². The number of carbonyl (C=O) groups is 1. The number of aliphatic hydroxyl groups is 2. The number of likely N-dealkylation sites (tertiary alicyclic amines) is 1. The number of sulfone groups is 1. The predicted octanol–water partition coefficient (Wildman–Crippen LogP) is 0.936. The number of piperidine rings is 1. The van der Waals surface area contributed by atoms with Gasteiger partial charge in [-0.3, -0.25) is 0 Å². The van der Waals surface area contributed by atoms with Crippen LogP contribution in [0, 0.1) is 5.41 Å². The van der Waals surface area contributed by atoms with E-state index in [-0.39, 0.29) is 31.0 Å². The molecule has 0 atom stereocenters. The minimum Gasteiger partial charge on any atom is -0.444 e. The molecule has 0 aromatic rings. The maximum Gasteiger partial charge on any atom is 0.410 e. The summed E-state index contributed by atoms with van der Waals surface area (Å²) >= 11 is 0. The third-order valence-electron chi connectivity index (χ3n) is 5.32. The third-order valence-corrected chi connectivity index (χ3v) is 6.97. The SMILES string of the molecule is CC(C)(C)OC(=O)N1CCC(O)(C2(CO)CCS(=O)(=O)CC2)CC1. The van der Waals surface area contributed by atoms with Crippen molar-refractivity contribution >= 4 is 15.9 Å². The molecule has 0 bridgehead atoms. The molecule has 140 valence electrons. The van der Waals surface area contributed by atoms with Crippen LogP contribution in [0.1, 0.15) is 46.5 Å². The molecule has 0 aromatic heterocycles. The number of hydrogen-bond donors (Lipinski definition) is 2. The smallest absolute Gasteiger partial charge is 0.410 e. The first-order valence-electron chi connectivity index (χ1n) is 8.44. The van der Waals surface area contributed by atoms with Crippen LogP contribution in [0.25, 0.3) is 0 Å². The first-order valence-corrected chi connectivity index (χ1v) is 10.3. The Balaban J connectivity index is 2.04. The van der Waals surface area contributed by atoms with Gasteiger partial charge in [0, 0.05) is 18.5 Å². The molecule has 2 heterocycles. The second-order valence-electron chi connectivity index (χ2n) is 8.09. The van der Waals surface area contributed by atoms with Gasteiger partial charge < -0.3 is 19.8 Å². The molecule has 0 unspecified atom stereocenters. The molecule has 0 aromatic carbocycles. The Bertz CT molecular complexity index is 558. The fraction of sp³-hybridized carbons (Fsp3) is 0.938. The average Bonchev–Trinajstić information content (AvgIpc) is 2.46. The van der Waals surface area contributed by atoms with Crippen LogP contribution >= 0.6 is 0 Å². The Morgan fingerprint density at radius 1 is 1.12 bits per heavy atom. The van der Waals surface area contributed by atoms with Gasteiger partial charge >= 0.3 is 6.09 Å². The van der Waals surface area contributed by atoms with E-state index in [0.717, 1.165) is 0 Å². The number of rotatable bonds is 2. The van der Waals surface area contributed by atoms with Gasteiger partial charge in [-0.05, 0) is 46.5 Å². The fourth-order valence-corrected chi connectivity index (χ4v) is 5.22. The second kappa shape index (κ2) is 6.46. The topological polar surface area (TPSA) is 104 Å². The molecule has 7 nitrogen and oxygen atoms in total. The van der Waals surface area contributed by atoms with E-state index in [2.05, 4.69) is 0 Å². The highest BCUT2D eigenvalue weighted by molar-refractivity contribution is 7.91. The van der Waals surface area contributed by atoms with Crippen LogP contribution in [-0.2, 0) is 14.6 Å². The van der Waals surface area contributed by atoms with Crippen LogP contribution in [-0.4, -0.2) is 72.0 Å². The van der Waals surface area contributed by atoms with Crippen LogP contribution in [0.4, 0.5) is 4.79 Å². The lowest BCUT2D eigenvalue weighted by Gasteiger charge is -2.51. The standard InChI is InChI=1S/C16H29NO6S/c1-14(2,3)23-13(19)17-8-4-16(20,5-9-17)15(12-18)6-10-24(21,22)11-7-15/h18,20H,4-12H2,1-3H3. The summed E-state index contributed by atoms with van der Waals surface area (Å²) in [5, 5.41) is 21.0. The van der Waals surface area contributed by atoms with Gasteiger partial charge in [-0.2, -0.15) is 0 Å². The zero-order valence-electron chi connectivity index (χ0n) is 14.7. The predicted molar refractivity (Wildman–Crippen MR) is 89.4 cm³/mol. The van der Waals surface area contributed by atoms with E-state index >= 15 is 0 Å². The van der Waals surface area contributed by atoms with Crippen molar-refractivity contribution in [2.24, 2.45) is 5.41 Å². The maximum atomic E-state index is 12.1. The first kappa shape index (κ1) is 19.5. The van der Waals surface area contributed by atoms with Crippen LogP contribution in [0.3, 0.4) is 0 Å². The summed E-state index contributed by atoms with van der Waals surface area (Å²) in [5.74, 6) is -0.0166. The molecule has 2 aliphatic heterocycles. The molecule has 0 spiro atoms. The number of ether oxygens (including phenoxy) is 1. The molecule has 2 fully saturated rings. The van der Waals surface area contributed by atoms with Gasteiger partial charge in [0.05, 0.1) is 23.7 Å². The summed E-state index contributed by atoms with van der Waals surface area (Å²) < 4.78 is 28.7. The van der Waals surface area contributed by atoms with E-state index in [1.54, 1.807) is 25.7 Å². The molecule has 1 amide bonds. The van der Waals surface area contributed by atoms with E-state index in [9.17, 15) is 23.4 Å². The lowest BCUT2D eigenvalue weighted by Crippen LogP contribution is -2.59. The quantitative estimate of drug-likeness (QED) is 0.756. The van der Waals surface area contributed by atoms with Gasteiger partial charge in [0.25, 0.3) is 0 Å². The molecule has 2 N–H and O–H groups in total. The maximum absolute atomic E-state index is 12.1. The number of hydrogen-bond acceptors (Lipinski definition) is 6. The van der Waals surface area contributed by atoms with Crippen molar-refractivity contribution in [2.45, 2.75) is 57.7 Å². The Labute approximate surface area is 143 Å². The van der Waals surface area contributed by atoms with E-state index in [1.165, 1.54) is 0 Å². The van der Waals surface area contributed by atoms with E-state index in [0.29, 0.717) is 25.9 Å². The second-order valence-corrected chi connectivity index (χ2v) is 10.4. The van der Waals surface area contributed by atoms with E-state index in [1.807, 2.05) is 0 Å². The summed E-state index contributed by atoms with van der Waals surface area (Å²) in [7, 11) is -3.08. The number of amides is 1. The van der Waals surface area contributed by atoms with Crippen molar-refractivity contribution in [3.8, 4) is 0 Å². The van der Waals surface area contributed by atoms with Gasteiger partial charge in [0.15, 0.2) is 0 Å². The van der Waals surface area contributed by atoms with Gasteiger partial charge in [0.2, 0.25) is 0 Å². The van der Waals surface area contributed by atoms with Crippen LogP contribution in [0.15, 0.2) is 0 Å². The average molecular weight is 363 g/mol. The molecular weight excluding hydrogens is 334 g/mol. The van der Waals surface area contributed by atoms with Crippen molar-refractivity contribution < 1.29 is 28.2 Å². The Hall–Kier alpha value is -0.860. The minimum atomic E-state index is -3.08. The number of nitrogens with zero attached hydrogens (tertiary/aromatic N) is 1. The summed E-state index contributed by atoms with van der Waals surface area (Å²) in [4.78, 5) is 13.7. The zero-order valence-corrected chi connectivity index (χ0v) is 15.6. The zero-order chi connectivity index (χ0) is 18.2. The highest BCUT2D eigenvalue weighted by Gasteiger charge is 2.53. The van der Waals surface area contributed by atoms with E-state index < -0.39 is 32.5 Å². The molecule has 2 aliphatic rings. The summed E-state index contributed by atoms with van der Waals surface area (Å²) in [6.07, 6.45) is 0.734. The highest BCUT2D eigenvalue weighted by atomic mass is 32.2. The Morgan fingerprint density at radius 2 is 1.62 bits per heavy atom. The monoisotopic (exact) mass is 363 g/mol. The fourth-order valence-electron chi connectivity index (χ4n) is 3.62. The molecule has 24 heavy (non-hydrogen) atoms. The third kappa shape index (κ3) is 4.03. The van der Waals surface area contributed by atoms with E-state index in [4.69, 9.17) is 4.74 Å². The van der Waals surface area contributed by atoms with Gasteiger partial charge in [-0.25, -0.2) is 13.2 Å². The molecule has 0 saturated carbocycles. The summed E-state index contributed by atoms with van der Waals surface area (Å²) in [5.41, 5.74) is -2.54. The number of aliphatic hydroxyl groups excluding tert-OH is 1. The van der Waals surface area contributed by atoms with Crippen LogP contribution in [0.2, 0.25) is 0 Å². The normalized spacial score (nSPS) is 26.0. The minimum absolute atomic E-state index is 0.00828. The molecular formula is C16H29NO6S. The molecule has 2 rings (SSSR count). The highest BCUT2D eigenvalue weighted by Crippen LogP contribution is 2.47. The lowest BCUT2D eigenvalue weighted by atomic mass is 9.64. The van der Waals surface area contributed by atoms with Crippen molar-refractivity contribution in [1.82, 2.24) is 4.90 Å².